The summed E-state index contributed by atoms with van der Waals surface area (Å²) in [5.74, 6) is -0.170. The van der Waals surface area contributed by atoms with Gasteiger partial charge in [-0.15, -0.1) is 0 Å². The molecule has 2 heterocycles. The Balaban J connectivity index is 1.39. The molecular formula is C22H23ClF3N3O2. The van der Waals surface area contributed by atoms with Crippen LogP contribution in [0.1, 0.15) is 15.9 Å². The minimum Gasteiger partial charge on any atom is -0.390 e. The quantitative estimate of drug-likeness (QED) is 0.774. The maximum Gasteiger partial charge on any atom is 0.418 e. The Bertz CT molecular complexity index is 930. The maximum atomic E-state index is 13.3. The first kappa shape index (κ1) is 21.9. The summed E-state index contributed by atoms with van der Waals surface area (Å²) >= 11 is 5.88. The van der Waals surface area contributed by atoms with Crippen molar-refractivity contribution in [2.75, 3.05) is 44.2 Å². The predicted octanol–water partition coefficient (Wildman–Crippen LogP) is 3.37. The van der Waals surface area contributed by atoms with Crippen LogP contribution in [-0.4, -0.2) is 72.2 Å². The van der Waals surface area contributed by atoms with Crippen molar-refractivity contribution in [2.24, 2.45) is 0 Å². The van der Waals surface area contributed by atoms with Crippen molar-refractivity contribution in [1.29, 1.82) is 0 Å². The molecular weight excluding hydrogens is 431 g/mol. The smallest absolute Gasteiger partial charge is 0.390 e. The Morgan fingerprint density at radius 1 is 0.968 bits per heavy atom. The molecule has 2 aromatic rings. The molecule has 0 radical (unpaired) electrons. The largest absolute Gasteiger partial charge is 0.418 e. The monoisotopic (exact) mass is 453 g/mol. The molecule has 2 atom stereocenters. The van der Waals surface area contributed by atoms with E-state index in [-0.39, 0.29) is 24.2 Å². The summed E-state index contributed by atoms with van der Waals surface area (Å²) in [6, 6.07) is 12.0. The zero-order valence-electron chi connectivity index (χ0n) is 16.7. The van der Waals surface area contributed by atoms with E-state index in [0.717, 1.165) is 6.07 Å². The number of hydrogen-bond donors (Lipinski definition) is 1. The Labute approximate surface area is 183 Å². The van der Waals surface area contributed by atoms with Crippen LogP contribution in [0.3, 0.4) is 0 Å². The van der Waals surface area contributed by atoms with Gasteiger partial charge in [-0.2, -0.15) is 13.2 Å². The Morgan fingerprint density at radius 3 is 2.26 bits per heavy atom. The highest BCUT2D eigenvalue weighted by molar-refractivity contribution is 6.30. The zero-order valence-corrected chi connectivity index (χ0v) is 17.5. The number of hydrogen-bond acceptors (Lipinski definition) is 4. The Hall–Kier alpha value is -2.29. The van der Waals surface area contributed by atoms with E-state index in [1.807, 2.05) is 0 Å². The number of halogens is 4. The first-order valence-electron chi connectivity index (χ1n) is 10.1. The number of benzene rings is 2. The summed E-state index contributed by atoms with van der Waals surface area (Å²) in [5, 5.41) is 11.1. The molecule has 2 saturated heterocycles. The number of β-amino-alcohol motifs (C(OH)–C–C–N with tert-alkyl or cyclic N) is 1. The molecule has 5 nitrogen and oxygen atoms in total. The lowest BCUT2D eigenvalue weighted by Gasteiger charge is -2.40. The van der Waals surface area contributed by atoms with Gasteiger partial charge in [0.1, 0.15) is 0 Å². The van der Waals surface area contributed by atoms with E-state index in [9.17, 15) is 23.1 Å². The Morgan fingerprint density at radius 2 is 1.61 bits per heavy atom. The second kappa shape index (κ2) is 8.68. The number of carbonyl (C=O) groups is 1. The van der Waals surface area contributed by atoms with Crippen LogP contribution in [0.2, 0.25) is 5.02 Å². The van der Waals surface area contributed by atoms with Crippen molar-refractivity contribution in [2.45, 2.75) is 18.3 Å². The lowest BCUT2D eigenvalue weighted by molar-refractivity contribution is -0.137. The molecule has 2 aliphatic rings. The number of amides is 1. The summed E-state index contributed by atoms with van der Waals surface area (Å²) in [4.78, 5) is 18.1. The van der Waals surface area contributed by atoms with Gasteiger partial charge in [-0.3, -0.25) is 9.69 Å². The third kappa shape index (κ3) is 4.66. The van der Waals surface area contributed by atoms with E-state index >= 15 is 0 Å². The molecule has 0 bridgehead atoms. The van der Waals surface area contributed by atoms with Crippen LogP contribution in [-0.2, 0) is 6.18 Å². The number of rotatable bonds is 3. The van der Waals surface area contributed by atoms with Crippen molar-refractivity contribution in [3.8, 4) is 0 Å². The van der Waals surface area contributed by atoms with Gasteiger partial charge in [-0.1, -0.05) is 23.7 Å². The Kier molecular flexibility index (Phi) is 6.14. The number of aliphatic hydroxyl groups is 1. The highest BCUT2D eigenvalue weighted by Gasteiger charge is 2.40. The maximum absolute atomic E-state index is 13.3. The zero-order chi connectivity index (χ0) is 22.2. The molecule has 166 valence electrons. The molecule has 4 rings (SSSR count). The van der Waals surface area contributed by atoms with Crippen LogP contribution in [0.5, 0.6) is 0 Å². The second-order valence-electron chi connectivity index (χ2n) is 7.89. The number of alkyl halides is 3. The van der Waals surface area contributed by atoms with Crippen LogP contribution in [0.15, 0.2) is 48.5 Å². The van der Waals surface area contributed by atoms with Crippen LogP contribution in [0, 0.1) is 0 Å². The highest BCUT2D eigenvalue weighted by Crippen LogP contribution is 2.37. The van der Waals surface area contributed by atoms with E-state index < -0.39 is 17.8 Å². The molecule has 0 saturated carbocycles. The summed E-state index contributed by atoms with van der Waals surface area (Å²) in [6.07, 6.45) is -5.11. The van der Waals surface area contributed by atoms with Crippen molar-refractivity contribution in [1.82, 2.24) is 9.80 Å². The lowest BCUT2D eigenvalue weighted by Crippen LogP contribution is -2.54. The van der Waals surface area contributed by atoms with Gasteiger partial charge in [-0.25, -0.2) is 0 Å². The predicted molar refractivity (Wildman–Crippen MR) is 112 cm³/mol. The molecule has 2 aliphatic heterocycles. The number of para-hydroxylation sites is 1. The van der Waals surface area contributed by atoms with Gasteiger partial charge in [0, 0.05) is 55.5 Å². The number of likely N-dealkylation sites (tertiary alicyclic amines) is 1. The topological polar surface area (TPSA) is 47.0 Å². The molecule has 1 amide bonds. The van der Waals surface area contributed by atoms with Crippen LogP contribution < -0.4 is 4.90 Å². The average molecular weight is 454 g/mol. The van der Waals surface area contributed by atoms with Crippen molar-refractivity contribution < 1.29 is 23.1 Å². The molecule has 0 aromatic heterocycles. The van der Waals surface area contributed by atoms with Gasteiger partial charge >= 0.3 is 6.18 Å². The molecule has 0 aliphatic carbocycles. The minimum atomic E-state index is -4.40. The van der Waals surface area contributed by atoms with Crippen LogP contribution in [0.25, 0.3) is 0 Å². The van der Waals surface area contributed by atoms with Gasteiger partial charge < -0.3 is 14.9 Å². The SMILES string of the molecule is O=C(c1ccc(Cl)cc1)N1CC(N2CCN(c3ccccc3C(F)(F)F)CC2)[C@H](O)C1. The van der Waals surface area contributed by atoms with Crippen LogP contribution >= 0.6 is 11.6 Å². The number of nitrogens with zero attached hydrogens (tertiary/aromatic N) is 3. The molecule has 0 spiro atoms. The van der Waals surface area contributed by atoms with E-state index in [1.165, 1.54) is 12.1 Å². The second-order valence-corrected chi connectivity index (χ2v) is 8.33. The number of carbonyl (C=O) groups excluding carboxylic acids is 1. The standard InChI is InChI=1S/C22H23ClF3N3O2/c23-16-7-5-15(6-8-16)21(31)29-13-19(20(30)14-29)28-11-9-27(10-12-28)18-4-2-1-3-17(18)22(24,25)26/h1-8,19-20,30H,9-14H2/t19?,20-/m1/s1. The molecule has 31 heavy (non-hydrogen) atoms. The summed E-state index contributed by atoms with van der Waals surface area (Å²) in [6.45, 7) is 2.46. The van der Waals surface area contributed by atoms with Crippen molar-refractivity contribution >= 4 is 23.2 Å². The molecule has 9 heteroatoms. The van der Waals surface area contributed by atoms with Crippen LogP contribution in [0.4, 0.5) is 18.9 Å². The van der Waals surface area contributed by atoms with E-state index in [0.29, 0.717) is 43.3 Å². The first-order chi connectivity index (χ1) is 14.7. The average Bonchev–Trinajstić information content (AvgIpc) is 3.15. The number of aliphatic hydroxyl groups excluding tert-OH is 1. The molecule has 1 unspecified atom stereocenters. The third-order valence-electron chi connectivity index (χ3n) is 5.97. The summed E-state index contributed by atoms with van der Waals surface area (Å²) in [7, 11) is 0. The third-order valence-corrected chi connectivity index (χ3v) is 6.22. The van der Waals surface area contributed by atoms with Crippen molar-refractivity contribution in [3.05, 3.63) is 64.7 Å². The normalized spacial score (nSPS) is 22.7. The van der Waals surface area contributed by atoms with E-state index in [4.69, 9.17) is 11.6 Å². The van der Waals surface area contributed by atoms with Gasteiger partial charge in [0.2, 0.25) is 0 Å². The number of piperazine rings is 1. The van der Waals surface area contributed by atoms with Gasteiger partial charge in [0.25, 0.3) is 5.91 Å². The van der Waals surface area contributed by atoms with E-state index in [1.54, 1.807) is 40.1 Å². The fourth-order valence-electron chi connectivity index (χ4n) is 4.35. The lowest BCUT2D eigenvalue weighted by atomic mass is 10.1. The summed E-state index contributed by atoms with van der Waals surface area (Å²) < 4.78 is 40.0. The first-order valence-corrected chi connectivity index (χ1v) is 10.5. The molecule has 1 N–H and O–H groups in total. The number of anilines is 1. The van der Waals surface area contributed by atoms with Gasteiger partial charge in [0.15, 0.2) is 0 Å². The highest BCUT2D eigenvalue weighted by atomic mass is 35.5. The van der Waals surface area contributed by atoms with Gasteiger partial charge in [-0.05, 0) is 36.4 Å². The van der Waals surface area contributed by atoms with Gasteiger partial charge in [0.05, 0.1) is 17.7 Å². The van der Waals surface area contributed by atoms with E-state index in [2.05, 4.69) is 4.90 Å². The fourth-order valence-corrected chi connectivity index (χ4v) is 4.48. The summed E-state index contributed by atoms with van der Waals surface area (Å²) in [5.41, 5.74) is 0.0519. The minimum absolute atomic E-state index is 0.170. The fraction of sp³-hybridized carbons (Fsp3) is 0.409. The van der Waals surface area contributed by atoms with Crippen molar-refractivity contribution in [3.63, 3.8) is 0 Å². The molecule has 2 fully saturated rings. The molecule has 2 aromatic carbocycles.